The van der Waals surface area contributed by atoms with E-state index in [1.54, 1.807) is 0 Å². The first kappa shape index (κ1) is 7.32. The van der Waals surface area contributed by atoms with Gasteiger partial charge in [0.2, 0.25) is 0 Å². The van der Waals surface area contributed by atoms with Crippen LogP contribution in [0.15, 0.2) is 0 Å². The molecule has 0 heterocycles. The molecular formula is CeO4V. The van der Waals surface area contributed by atoms with Crippen LogP contribution < -0.4 is 0 Å². The number of hydrogen-bond donors (Lipinski definition) is 0. The zero-order valence-electron chi connectivity index (χ0n) is 2.58. The van der Waals surface area contributed by atoms with E-state index in [0.717, 1.165) is 0 Å². The molecule has 0 aliphatic carbocycles. The van der Waals surface area contributed by atoms with Gasteiger partial charge < -0.3 is 0 Å². The Hall–Kier alpha value is 1.32. The summed E-state index contributed by atoms with van der Waals surface area (Å²) in [5.41, 5.74) is 0. The molecule has 0 aromatic heterocycles. The first-order chi connectivity index (χ1) is 2.77. The molecule has 6 heavy (non-hydrogen) atoms. The van der Waals surface area contributed by atoms with Gasteiger partial charge in [0, 0.05) is 0 Å². The zero-order valence-corrected chi connectivity index (χ0v) is 7.12. The Morgan fingerprint density at radius 3 is 2.00 bits per heavy atom. The van der Waals surface area contributed by atoms with Crippen LogP contribution in [0, 0.1) is 38.3 Å². The third kappa shape index (κ3) is 5.32. The van der Waals surface area contributed by atoms with Crippen molar-refractivity contribution >= 4 is 0 Å². The molecule has 0 atom stereocenters. The Morgan fingerprint density at radius 2 is 2.00 bits per heavy atom. The predicted octanol–water partition coefficient (Wildman–Crippen LogP) is -0.427. The molecule has 0 aliphatic rings. The Bertz CT molecular complexity index is 94.1. The summed E-state index contributed by atoms with van der Waals surface area (Å²) in [7, 11) is 0. The summed E-state index contributed by atoms with van der Waals surface area (Å²) in [4.78, 5) is 0. The summed E-state index contributed by atoms with van der Waals surface area (Å²) >= 11 is -5.78. The summed E-state index contributed by atoms with van der Waals surface area (Å²) in [6.45, 7) is 0. The molecule has 6 heteroatoms. The Balaban J connectivity index is 3.32. The molecule has 4 nitrogen and oxygen atoms in total. The van der Waals surface area contributed by atoms with Crippen molar-refractivity contribution in [3.8, 4) is 0 Å². The maximum absolute atomic E-state index is 9.35. The van der Waals surface area contributed by atoms with E-state index >= 15 is 0 Å². The monoisotopic (exact) mass is 255 g/mol. The molecule has 0 fully saturated rings. The van der Waals surface area contributed by atoms with Crippen LogP contribution in [-0.4, -0.2) is 0 Å². The van der Waals surface area contributed by atoms with E-state index in [2.05, 4.69) is -0.123 Å². The van der Waals surface area contributed by atoms with Crippen molar-refractivity contribution in [3.63, 3.8) is 0 Å². The van der Waals surface area contributed by atoms with E-state index in [0.29, 0.717) is 0 Å². The van der Waals surface area contributed by atoms with Gasteiger partial charge in [-0.3, -0.25) is 0 Å². The molecule has 0 radical (unpaired) electrons. The van der Waals surface area contributed by atoms with Gasteiger partial charge in [0.05, 0.1) is 0 Å². The van der Waals surface area contributed by atoms with E-state index < -0.39 is 53.7 Å². The topological polar surface area (TPSA) is 60.4 Å². The predicted molar refractivity (Wildman–Crippen MR) is 3.14 cm³/mol. The third-order valence-corrected chi connectivity index (χ3v) is 3.36. The summed E-state index contributed by atoms with van der Waals surface area (Å²) < 4.78 is 31.8. The molecule has 0 aliphatic heterocycles. The number of hydrogen-bond acceptors (Lipinski definition) is 4. The average molecular weight is 255 g/mol. The van der Waals surface area contributed by atoms with Gasteiger partial charge in [-0.15, -0.1) is 0 Å². The summed E-state index contributed by atoms with van der Waals surface area (Å²) in [5, 5.41) is 0. The van der Waals surface area contributed by atoms with Crippen molar-refractivity contribution in [1.82, 2.24) is 0 Å². The van der Waals surface area contributed by atoms with Crippen LogP contribution in [0.4, 0.5) is 0 Å². The SMILES string of the molecule is [O]=[Ce][O][V](=[O])=[O]. The van der Waals surface area contributed by atoms with Gasteiger partial charge in [-0.05, 0) is 0 Å². The summed E-state index contributed by atoms with van der Waals surface area (Å²) in [6, 6.07) is 0. The fraction of sp³-hybridized carbons (Fsp3) is 0. The molecule has 0 spiro atoms. The minimum absolute atomic E-state index is 2.33. The Morgan fingerprint density at radius 1 is 1.50 bits per heavy atom. The van der Waals surface area contributed by atoms with Crippen LogP contribution in [0.1, 0.15) is 0 Å². The van der Waals surface area contributed by atoms with Gasteiger partial charge in [0.25, 0.3) is 0 Å². The van der Waals surface area contributed by atoms with Gasteiger partial charge in [-0.1, -0.05) is 0 Å². The van der Waals surface area contributed by atoms with Crippen molar-refractivity contribution in [2.75, 3.05) is 0 Å². The van der Waals surface area contributed by atoms with E-state index in [1.807, 2.05) is 0 Å². The van der Waals surface area contributed by atoms with E-state index in [1.165, 1.54) is 0 Å². The van der Waals surface area contributed by atoms with Crippen LogP contribution >= 0.6 is 0 Å². The van der Waals surface area contributed by atoms with Gasteiger partial charge in [-0.2, -0.15) is 0 Å². The fourth-order valence-corrected chi connectivity index (χ4v) is 0.913. The second-order valence-corrected chi connectivity index (χ2v) is 4.27. The van der Waals surface area contributed by atoms with Gasteiger partial charge >= 0.3 is 61.8 Å². The molecule has 0 bridgehead atoms. The normalized spacial score (nSPS) is 6.67. The van der Waals surface area contributed by atoms with Gasteiger partial charge in [0.15, 0.2) is 0 Å². The maximum atomic E-state index is 9.35. The first-order valence-corrected chi connectivity index (χ1v) is 5.23. The number of rotatable bonds is 2. The zero-order chi connectivity index (χ0) is 4.99. The van der Waals surface area contributed by atoms with E-state index in [-0.39, 0.29) is 0 Å². The van der Waals surface area contributed by atoms with Gasteiger partial charge in [0.1, 0.15) is 0 Å². The average Bonchev–Trinajstić information content (AvgIpc) is 1.35. The van der Waals surface area contributed by atoms with Crippen molar-refractivity contribution in [2.24, 2.45) is 0 Å². The Labute approximate surface area is 60.8 Å². The summed E-state index contributed by atoms with van der Waals surface area (Å²) in [6.07, 6.45) is 0. The first-order valence-electron chi connectivity index (χ1n) is 0.956. The standard InChI is InChI=1S/Ce.4O.V. The molecular weight excluding hydrogens is 255 g/mol. The second kappa shape index (κ2) is 4.48. The Kier molecular flexibility index (Phi) is 5.47. The van der Waals surface area contributed by atoms with Crippen LogP contribution in [-0.2, 0) is 23.6 Å². The van der Waals surface area contributed by atoms with E-state index in [4.69, 9.17) is 0 Å². The molecule has 0 N–H and O–H groups in total. The van der Waals surface area contributed by atoms with Crippen LogP contribution in [0.5, 0.6) is 0 Å². The molecule has 0 saturated carbocycles. The molecule has 33 valence electrons. The molecule has 0 amide bonds. The summed E-state index contributed by atoms with van der Waals surface area (Å²) in [5.74, 6) is 0. The van der Waals surface area contributed by atoms with Crippen molar-refractivity contribution in [2.45, 2.75) is 0 Å². The quantitative estimate of drug-likeness (QED) is 0.672. The molecule has 0 unspecified atom stereocenters. The van der Waals surface area contributed by atoms with Crippen LogP contribution in [0.25, 0.3) is 0 Å². The van der Waals surface area contributed by atoms with Crippen LogP contribution in [0.3, 0.4) is 0 Å². The van der Waals surface area contributed by atoms with Crippen LogP contribution in [0.2, 0.25) is 0 Å². The van der Waals surface area contributed by atoms with Crippen molar-refractivity contribution < 1.29 is 61.8 Å². The van der Waals surface area contributed by atoms with Crippen molar-refractivity contribution in [1.29, 1.82) is 0 Å². The second-order valence-electron chi connectivity index (χ2n) is 0.398. The molecule has 0 aromatic rings. The molecule has 0 saturated heterocycles. The van der Waals surface area contributed by atoms with Gasteiger partial charge in [-0.25, -0.2) is 0 Å². The molecule has 0 aromatic carbocycles. The van der Waals surface area contributed by atoms with E-state index in [9.17, 15) is 8.29 Å². The van der Waals surface area contributed by atoms with Crippen molar-refractivity contribution in [3.05, 3.63) is 0 Å². The third-order valence-electron chi connectivity index (χ3n) is 0.112. The molecule has 0 rings (SSSR count). The minimum atomic E-state index is -3.45. The fourth-order valence-electron chi connectivity index (χ4n) is 0.0304.